The van der Waals surface area contributed by atoms with Gasteiger partial charge in [-0.25, -0.2) is 13.4 Å². The molecule has 0 N–H and O–H groups in total. The minimum atomic E-state index is -3.85. The second-order valence-corrected chi connectivity index (χ2v) is 12.1. The number of aromatic nitrogens is 1. The van der Waals surface area contributed by atoms with Gasteiger partial charge in [0, 0.05) is 32.9 Å². The van der Waals surface area contributed by atoms with E-state index >= 15 is 0 Å². The van der Waals surface area contributed by atoms with E-state index in [-0.39, 0.29) is 36.8 Å². The average Bonchev–Trinajstić information content (AvgIpc) is 3.45. The van der Waals surface area contributed by atoms with Crippen molar-refractivity contribution in [3.8, 4) is 11.5 Å². The molecule has 13 heteroatoms. The van der Waals surface area contributed by atoms with E-state index in [2.05, 4.69) is 10.1 Å². The number of anilines is 1. The van der Waals surface area contributed by atoms with Gasteiger partial charge in [0.05, 0.1) is 48.3 Å². The van der Waals surface area contributed by atoms with Gasteiger partial charge in [0.2, 0.25) is 15.2 Å². The Balaban J connectivity index is 1.66. The lowest BCUT2D eigenvalue weighted by atomic mass is 10.2. The molecule has 4 rings (SSSR count). The molecule has 0 fully saturated rings. The summed E-state index contributed by atoms with van der Waals surface area (Å²) in [5.74, 6) is 0.916. The number of rotatable bonds is 15. The van der Waals surface area contributed by atoms with Crippen molar-refractivity contribution in [2.45, 2.75) is 11.8 Å². The van der Waals surface area contributed by atoms with E-state index in [4.69, 9.17) is 18.9 Å². The van der Waals surface area contributed by atoms with E-state index in [1.807, 2.05) is 43.3 Å². The Kier molecular flexibility index (Phi) is 11.2. The Labute approximate surface area is 255 Å². The molecule has 1 amide bonds. The van der Waals surface area contributed by atoms with Crippen molar-refractivity contribution >= 4 is 48.8 Å². The van der Waals surface area contributed by atoms with Gasteiger partial charge >= 0.3 is 0 Å². The number of benzene rings is 3. The SMILES string of the molecule is CCOc1ccc(/C=N/N(C(=O)c2ccc(S(=O)(=O)N(CCOC)CCOC)cc2)c2nc3ccc(OC)cc3s2)cc1. The standard InChI is InChI=1S/C30H34N4O7S2/c1-5-41-24-10-6-22(7-11-24)21-31-34(30-32-27-15-12-25(40-4)20-28(27)42-30)29(35)23-8-13-26(14-9-23)43(36,37)33(16-18-38-2)17-19-39-3/h6-15,20-21H,5,16-19H2,1-4H3/b31-21+. The van der Waals surface area contributed by atoms with Crippen molar-refractivity contribution in [3.63, 3.8) is 0 Å². The molecule has 1 heterocycles. The molecule has 43 heavy (non-hydrogen) atoms. The quantitative estimate of drug-likeness (QED) is 0.138. The maximum atomic E-state index is 13.8. The van der Waals surface area contributed by atoms with Crippen LogP contribution in [0.4, 0.5) is 5.13 Å². The zero-order valence-electron chi connectivity index (χ0n) is 24.4. The molecule has 4 aromatic rings. The molecular weight excluding hydrogens is 592 g/mol. The first-order valence-electron chi connectivity index (χ1n) is 13.4. The summed E-state index contributed by atoms with van der Waals surface area (Å²) in [6.45, 7) is 3.26. The fourth-order valence-corrected chi connectivity index (χ4v) is 6.38. The molecule has 0 saturated carbocycles. The highest BCUT2D eigenvalue weighted by atomic mass is 32.2. The van der Waals surface area contributed by atoms with Gasteiger partial charge in [-0.1, -0.05) is 11.3 Å². The van der Waals surface area contributed by atoms with E-state index in [1.165, 1.54) is 59.1 Å². The number of hydrogen-bond donors (Lipinski definition) is 0. The van der Waals surface area contributed by atoms with Crippen LogP contribution in [0.1, 0.15) is 22.8 Å². The smallest absolute Gasteiger partial charge is 0.280 e. The molecule has 3 aromatic carbocycles. The summed E-state index contributed by atoms with van der Waals surface area (Å²) in [5, 5.41) is 6.06. The molecule has 0 bridgehead atoms. The van der Waals surface area contributed by atoms with Crippen molar-refractivity contribution in [3.05, 3.63) is 77.9 Å². The lowest BCUT2D eigenvalue weighted by molar-refractivity contribution is 0.0987. The Bertz CT molecular complexity index is 1630. The van der Waals surface area contributed by atoms with Gasteiger partial charge in [0.15, 0.2) is 0 Å². The number of hydrazone groups is 1. The van der Waals surface area contributed by atoms with Gasteiger partial charge in [0.1, 0.15) is 11.5 Å². The van der Waals surface area contributed by atoms with Gasteiger partial charge in [0.25, 0.3) is 5.91 Å². The van der Waals surface area contributed by atoms with Gasteiger partial charge < -0.3 is 18.9 Å². The van der Waals surface area contributed by atoms with E-state index in [1.54, 1.807) is 19.4 Å². The van der Waals surface area contributed by atoms with Crippen molar-refractivity contribution in [1.82, 2.24) is 9.29 Å². The zero-order valence-corrected chi connectivity index (χ0v) is 26.1. The first-order valence-corrected chi connectivity index (χ1v) is 15.7. The molecule has 0 spiro atoms. The van der Waals surface area contributed by atoms with Crippen molar-refractivity contribution in [1.29, 1.82) is 0 Å². The normalized spacial score (nSPS) is 11.8. The summed E-state index contributed by atoms with van der Waals surface area (Å²) in [7, 11) is 0.745. The highest BCUT2D eigenvalue weighted by Gasteiger charge is 2.26. The summed E-state index contributed by atoms with van der Waals surface area (Å²) in [6, 6.07) is 18.5. The van der Waals surface area contributed by atoms with E-state index < -0.39 is 15.9 Å². The lowest BCUT2D eigenvalue weighted by Crippen LogP contribution is -2.36. The van der Waals surface area contributed by atoms with Crippen LogP contribution in [0.3, 0.4) is 0 Å². The van der Waals surface area contributed by atoms with Gasteiger partial charge in [-0.15, -0.1) is 0 Å². The third-order valence-corrected chi connectivity index (χ3v) is 9.21. The molecule has 0 aliphatic heterocycles. The van der Waals surface area contributed by atoms with Crippen LogP contribution in [0.5, 0.6) is 11.5 Å². The number of thiazole rings is 1. The minimum absolute atomic E-state index is 0.0489. The second kappa shape index (κ2) is 15.0. The molecule has 228 valence electrons. The number of hydrogen-bond acceptors (Lipinski definition) is 10. The van der Waals surface area contributed by atoms with Crippen molar-refractivity contribution in [2.75, 3.05) is 59.2 Å². The fourth-order valence-electron chi connectivity index (χ4n) is 4.02. The van der Waals surface area contributed by atoms with Crippen LogP contribution < -0.4 is 14.5 Å². The van der Waals surface area contributed by atoms with Crippen LogP contribution in [-0.2, 0) is 19.5 Å². The molecule has 0 aliphatic rings. The van der Waals surface area contributed by atoms with E-state index in [0.29, 0.717) is 23.0 Å². The van der Waals surface area contributed by atoms with E-state index in [0.717, 1.165) is 16.0 Å². The third kappa shape index (κ3) is 7.94. The topological polar surface area (TPSA) is 120 Å². The summed E-state index contributed by atoms with van der Waals surface area (Å²) in [5.41, 5.74) is 1.67. The average molecular weight is 627 g/mol. The first-order chi connectivity index (χ1) is 20.8. The van der Waals surface area contributed by atoms with Gasteiger partial charge in [-0.2, -0.15) is 14.4 Å². The minimum Gasteiger partial charge on any atom is -0.497 e. The number of fused-ring (bicyclic) bond motifs is 1. The van der Waals surface area contributed by atoms with Crippen LogP contribution in [0, 0.1) is 0 Å². The molecule has 0 radical (unpaired) electrons. The van der Waals surface area contributed by atoms with Gasteiger partial charge in [-0.05, 0) is 79.2 Å². The number of carbonyl (C=O) groups excluding carboxylic acids is 1. The van der Waals surface area contributed by atoms with Gasteiger partial charge in [-0.3, -0.25) is 4.79 Å². The Morgan fingerprint density at radius 3 is 2.19 bits per heavy atom. The monoisotopic (exact) mass is 626 g/mol. The largest absolute Gasteiger partial charge is 0.497 e. The summed E-state index contributed by atoms with van der Waals surface area (Å²) in [4.78, 5) is 18.5. The molecule has 0 atom stereocenters. The Morgan fingerprint density at radius 1 is 0.930 bits per heavy atom. The molecule has 1 aromatic heterocycles. The Hall–Kier alpha value is -3.88. The number of methoxy groups -OCH3 is 3. The molecular formula is C30H34N4O7S2. The zero-order chi connectivity index (χ0) is 30.8. The van der Waals surface area contributed by atoms with E-state index in [9.17, 15) is 13.2 Å². The summed E-state index contributed by atoms with van der Waals surface area (Å²) < 4.78 is 49.8. The molecule has 0 saturated heterocycles. The van der Waals surface area contributed by atoms with Crippen LogP contribution in [0.25, 0.3) is 10.2 Å². The number of carbonyl (C=O) groups is 1. The molecule has 0 aliphatic carbocycles. The maximum absolute atomic E-state index is 13.8. The number of ether oxygens (including phenoxy) is 4. The molecule has 0 unspecified atom stereocenters. The van der Waals surface area contributed by atoms with Crippen molar-refractivity contribution < 1.29 is 32.2 Å². The first kappa shape index (κ1) is 32.0. The van der Waals surface area contributed by atoms with Crippen LogP contribution in [0.2, 0.25) is 0 Å². The fraction of sp³-hybridized carbons (Fsp3) is 0.300. The summed E-state index contributed by atoms with van der Waals surface area (Å²) >= 11 is 1.28. The van der Waals surface area contributed by atoms with Crippen molar-refractivity contribution in [2.24, 2.45) is 5.10 Å². The van der Waals surface area contributed by atoms with Crippen LogP contribution >= 0.6 is 11.3 Å². The van der Waals surface area contributed by atoms with Crippen LogP contribution in [0.15, 0.2) is 76.7 Å². The Morgan fingerprint density at radius 2 is 1.58 bits per heavy atom. The third-order valence-electron chi connectivity index (χ3n) is 6.30. The number of sulfonamides is 1. The number of nitrogens with zero attached hydrogens (tertiary/aromatic N) is 4. The summed E-state index contributed by atoms with van der Waals surface area (Å²) in [6.07, 6.45) is 1.56. The predicted molar refractivity (Wildman–Crippen MR) is 167 cm³/mol. The van der Waals surface area contributed by atoms with Crippen LogP contribution in [-0.4, -0.2) is 84.1 Å². The molecule has 11 nitrogen and oxygen atoms in total. The number of amides is 1. The lowest BCUT2D eigenvalue weighted by Gasteiger charge is -2.21. The highest BCUT2D eigenvalue weighted by Crippen LogP contribution is 2.32. The highest BCUT2D eigenvalue weighted by molar-refractivity contribution is 7.89. The predicted octanol–water partition coefficient (Wildman–Crippen LogP) is 4.67. The maximum Gasteiger partial charge on any atom is 0.280 e. The second-order valence-electron chi connectivity index (χ2n) is 9.11.